The predicted octanol–water partition coefficient (Wildman–Crippen LogP) is 4.91. The highest BCUT2D eigenvalue weighted by Gasteiger charge is 2.12. The summed E-state index contributed by atoms with van der Waals surface area (Å²) in [4.78, 5) is 24.2. The molecule has 7 heteroatoms. The number of carbonyl (C=O) groups is 1. The Hall–Kier alpha value is -3.48. The van der Waals surface area contributed by atoms with Crippen molar-refractivity contribution in [3.8, 4) is 23.0 Å². The van der Waals surface area contributed by atoms with Crippen molar-refractivity contribution in [2.75, 3.05) is 13.7 Å². The van der Waals surface area contributed by atoms with Crippen molar-refractivity contribution in [3.05, 3.63) is 59.0 Å². The first kappa shape index (κ1) is 19.3. The number of fused-ring (bicyclic) bond motifs is 1. The second-order valence-corrected chi connectivity index (χ2v) is 5.92. The average Bonchev–Trinajstić information content (AvgIpc) is 2.71. The molecule has 146 valence electrons. The average molecular weight is 384 g/mol. The third-order valence-electron chi connectivity index (χ3n) is 3.92. The van der Waals surface area contributed by atoms with Crippen LogP contribution in [0.3, 0.4) is 0 Å². The summed E-state index contributed by atoms with van der Waals surface area (Å²) in [5.41, 5.74) is -0.0694. The summed E-state index contributed by atoms with van der Waals surface area (Å²) in [5.74, 6) is 1.42. The lowest BCUT2D eigenvalue weighted by Gasteiger charge is -2.08. The Labute approximate surface area is 161 Å². The van der Waals surface area contributed by atoms with Crippen LogP contribution in [0.5, 0.6) is 23.0 Å². The van der Waals surface area contributed by atoms with E-state index < -0.39 is 6.16 Å². The molecule has 0 saturated carbocycles. The molecule has 0 N–H and O–H groups in total. The highest BCUT2D eigenvalue weighted by molar-refractivity contribution is 5.80. The molecule has 0 aliphatic carbocycles. The van der Waals surface area contributed by atoms with Crippen LogP contribution in [0.25, 0.3) is 11.0 Å². The van der Waals surface area contributed by atoms with E-state index in [0.717, 1.165) is 12.8 Å². The number of rotatable bonds is 7. The molecule has 3 aromatic rings. The Balaban J connectivity index is 1.76. The number of ether oxygens (including phenoxy) is 4. The minimum atomic E-state index is -0.797. The van der Waals surface area contributed by atoms with E-state index in [9.17, 15) is 9.59 Å². The van der Waals surface area contributed by atoms with Crippen molar-refractivity contribution in [2.24, 2.45) is 0 Å². The molecule has 0 aliphatic heterocycles. The molecule has 28 heavy (non-hydrogen) atoms. The lowest BCUT2D eigenvalue weighted by Crippen LogP contribution is -2.11. The SMILES string of the molecule is CCCCOC(=O)Oc1ccc2c(=O)c(Oc3ccc(OC)cc3)coc2c1. The molecule has 0 amide bonds. The number of benzene rings is 2. The lowest BCUT2D eigenvalue weighted by molar-refractivity contribution is 0.0978. The van der Waals surface area contributed by atoms with Gasteiger partial charge in [0.25, 0.3) is 0 Å². The van der Waals surface area contributed by atoms with Crippen molar-refractivity contribution in [3.63, 3.8) is 0 Å². The van der Waals surface area contributed by atoms with Gasteiger partial charge in [0.05, 0.1) is 19.1 Å². The zero-order valence-electron chi connectivity index (χ0n) is 15.6. The lowest BCUT2D eigenvalue weighted by atomic mass is 10.2. The fraction of sp³-hybridized carbons (Fsp3) is 0.238. The van der Waals surface area contributed by atoms with Crippen LogP contribution in [0.4, 0.5) is 4.79 Å². The maximum absolute atomic E-state index is 12.6. The maximum atomic E-state index is 12.6. The minimum absolute atomic E-state index is 0.0466. The van der Waals surface area contributed by atoms with E-state index in [1.165, 1.54) is 24.5 Å². The third-order valence-corrected chi connectivity index (χ3v) is 3.92. The molecular formula is C21H20O7. The molecule has 0 bridgehead atoms. The summed E-state index contributed by atoms with van der Waals surface area (Å²) in [5, 5.41) is 0.303. The molecular weight excluding hydrogens is 364 g/mol. The summed E-state index contributed by atoms with van der Waals surface area (Å²) in [6, 6.07) is 11.3. The Kier molecular flexibility index (Phi) is 6.16. The Morgan fingerprint density at radius 3 is 2.46 bits per heavy atom. The summed E-state index contributed by atoms with van der Waals surface area (Å²) in [6.45, 7) is 2.29. The van der Waals surface area contributed by atoms with E-state index in [4.69, 9.17) is 23.4 Å². The van der Waals surface area contributed by atoms with E-state index in [1.54, 1.807) is 31.4 Å². The molecule has 2 aromatic carbocycles. The Bertz CT molecular complexity index is 1010. The molecule has 0 spiro atoms. The monoisotopic (exact) mass is 384 g/mol. The standard InChI is InChI=1S/C21H20O7/c1-3-4-11-25-21(23)28-16-9-10-17-18(12-16)26-13-19(20(17)22)27-15-7-5-14(24-2)6-8-15/h5-10,12-13H,3-4,11H2,1-2H3. The van der Waals surface area contributed by atoms with Crippen LogP contribution in [0.1, 0.15) is 19.8 Å². The second kappa shape index (κ2) is 8.94. The summed E-state index contributed by atoms with van der Waals surface area (Å²) < 4.78 is 26.2. The van der Waals surface area contributed by atoms with Crippen molar-refractivity contribution in [2.45, 2.75) is 19.8 Å². The predicted molar refractivity (Wildman–Crippen MR) is 102 cm³/mol. The number of hydrogen-bond donors (Lipinski definition) is 0. The Morgan fingerprint density at radius 1 is 1.04 bits per heavy atom. The van der Waals surface area contributed by atoms with Gasteiger partial charge < -0.3 is 23.4 Å². The number of carbonyl (C=O) groups excluding carboxylic acids is 1. The Morgan fingerprint density at radius 2 is 1.75 bits per heavy atom. The number of methoxy groups -OCH3 is 1. The van der Waals surface area contributed by atoms with E-state index in [1.807, 2.05) is 6.92 Å². The van der Waals surface area contributed by atoms with Crippen LogP contribution < -0.4 is 19.6 Å². The zero-order chi connectivity index (χ0) is 19.9. The molecule has 0 fully saturated rings. The van der Waals surface area contributed by atoms with Crippen LogP contribution >= 0.6 is 0 Å². The number of unbranched alkanes of at least 4 members (excludes halogenated alkanes) is 1. The van der Waals surface area contributed by atoms with Gasteiger partial charge in [-0.3, -0.25) is 4.79 Å². The second-order valence-electron chi connectivity index (χ2n) is 5.92. The maximum Gasteiger partial charge on any atom is 0.513 e. The van der Waals surface area contributed by atoms with E-state index >= 15 is 0 Å². The van der Waals surface area contributed by atoms with Crippen LogP contribution in [0.2, 0.25) is 0 Å². The van der Waals surface area contributed by atoms with Gasteiger partial charge >= 0.3 is 6.16 Å². The van der Waals surface area contributed by atoms with Gasteiger partial charge in [-0.15, -0.1) is 0 Å². The van der Waals surface area contributed by atoms with E-state index in [0.29, 0.717) is 23.5 Å². The van der Waals surface area contributed by atoms with Gasteiger partial charge in [0.15, 0.2) is 0 Å². The molecule has 3 rings (SSSR count). The largest absolute Gasteiger partial charge is 0.513 e. The third kappa shape index (κ3) is 4.62. The van der Waals surface area contributed by atoms with Crippen LogP contribution in [-0.4, -0.2) is 19.9 Å². The molecule has 0 saturated heterocycles. The minimum Gasteiger partial charge on any atom is -0.497 e. The molecule has 0 atom stereocenters. The topological polar surface area (TPSA) is 84.2 Å². The first-order chi connectivity index (χ1) is 13.6. The van der Waals surface area contributed by atoms with Crippen molar-refractivity contribution >= 4 is 17.1 Å². The molecule has 0 radical (unpaired) electrons. The van der Waals surface area contributed by atoms with Gasteiger partial charge in [-0.2, -0.15) is 0 Å². The molecule has 0 aliphatic rings. The fourth-order valence-corrected chi connectivity index (χ4v) is 2.42. The summed E-state index contributed by atoms with van der Waals surface area (Å²) in [6.07, 6.45) is 2.10. The van der Waals surface area contributed by atoms with Gasteiger partial charge in [0.1, 0.15) is 29.1 Å². The quantitative estimate of drug-likeness (QED) is 0.325. The van der Waals surface area contributed by atoms with Crippen LogP contribution in [0, 0.1) is 0 Å². The number of hydrogen-bond acceptors (Lipinski definition) is 7. The first-order valence-corrected chi connectivity index (χ1v) is 8.82. The van der Waals surface area contributed by atoms with E-state index in [-0.39, 0.29) is 22.5 Å². The van der Waals surface area contributed by atoms with Crippen molar-refractivity contribution in [1.82, 2.24) is 0 Å². The van der Waals surface area contributed by atoms with Gasteiger partial charge in [0, 0.05) is 6.07 Å². The van der Waals surface area contributed by atoms with Gasteiger partial charge in [-0.05, 0) is 42.8 Å². The van der Waals surface area contributed by atoms with Crippen molar-refractivity contribution < 1.29 is 28.2 Å². The fourth-order valence-electron chi connectivity index (χ4n) is 2.42. The summed E-state index contributed by atoms with van der Waals surface area (Å²) in [7, 11) is 1.57. The van der Waals surface area contributed by atoms with Gasteiger partial charge in [-0.25, -0.2) is 4.79 Å². The zero-order valence-corrected chi connectivity index (χ0v) is 15.6. The van der Waals surface area contributed by atoms with E-state index in [2.05, 4.69) is 0 Å². The molecule has 1 aromatic heterocycles. The van der Waals surface area contributed by atoms with Gasteiger partial charge in [0.2, 0.25) is 11.2 Å². The normalized spacial score (nSPS) is 10.5. The molecule has 7 nitrogen and oxygen atoms in total. The highest BCUT2D eigenvalue weighted by Crippen LogP contribution is 2.25. The van der Waals surface area contributed by atoms with Gasteiger partial charge in [-0.1, -0.05) is 13.3 Å². The van der Waals surface area contributed by atoms with Crippen molar-refractivity contribution in [1.29, 1.82) is 0 Å². The smallest absolute Gasteiger partial charge is 0.497 e. The highest BCUT2D eigenvalue weighted by atomic mass is 16.7. The summed E-state index contributed by atoms with van der Waals surface area (Å²) >= 11 is 0. The van der Waals surface area contributed by atoms with Crippen LogP contribution in [0.15, 0.2) is 57.9 Å². The molecule has 1 heterocycles. The molecule has 0 unspecified atom stereocenters. The van der Waals surface area contributed by atoms with Crippen LogP contribution in [-0.2, 0) is 4.74 Å². The first-order valence-electron chi connectivity index (χ1n) is 8.82.